The van der Waals surface area contributed by atoms with Crippen LogP contribution in [0, 0.1) is 5.92 Å². The molecule has 0 saturated carbocycles. The van der Waals surface area contributed by atoms with E-state index in [1.54, 1.807) is 17.8 Å². The molecule has 0 aromatic carbocycles. The number of carbonyl (C=O) groups excluding carboxylic acids is 1. The van der Waals surface area contributed by atoms with Crippen LogP contribution < -0.4 is 0 Å². The normalized spacial score (nSPS) is 26.3. The zero-order valence-electron chi connectivity index (χ0n) is 9.18. The third-order valence-electron chi connectivity index (χ3n) is 2.33. The van der Waals surface area contributed by atoms with Gasteiger partial charge in [-0.05, 0) is 6.08 Å². The molecule has 0 aromatic heterocycles. The molecule has 3 N–H and O–H groups in total. The second-order valence-corrected chi connectivity index (χ2v) is 5.61. The summed E-state index contributed by atoms with van der Waals surface area (Å²) < 4.78 is 31.6. The van der Waals surface area contributed by atoms with Gasteiger partial charge in [0.05, 0.1) is 11.3 Å². The molecule has 0 spiro atoms. The molecule has 10 heteroatoms. The predicted octanol–water partition coefficient (Wildman–Crippen LogP) is -0.147. The minimum atomic E-state index is -4.67. The van der Waals surface area contributed by atoms with Crippen molar-refractivity contribution in [1.82, 2.24) is 4.90 Å². The van der Waals surface area contributed by atoms with Crippen LogP contribution >= 0.6 is 11.8 Å². The Morgan fingerprint density at radius 2 is 2.00 bits per heavy atom. The second-order valence-electron chi connectivity index (χ2n) is 3.56. The monoisotopic (exact) mass is 297 g/mol. The summed E-state index contributed by atoms with van der Waals surface area (Å²) in [7, 11) is -4.67. The van der Waals surface area contributed by atoms with Crippen LogP contribution in [0.5, 0.6) is 0 Å². The van der Waals surface area contributed by atoms with Gasteiger partial charge in [0.15, 0.2) is 0 Å². The van der Waals surface area contributed by atoms with Crippen molar-refractivity contribution in [3.63, 3.8) is 0 Å². The number of aliphatic carboxylic acids is 1. The van der Waals surface area contributed by atoms with Crippen molar-refractivity contribution in [3.05, 3.63) is 11.8 Å². The van der Waals surface area contributed by atoms with Crippen LogP contribution in [-0.2, 0) is 20.0 Å². The molecule has 2 heterocycles. The average molecular weight is 297 g/mol. The molecule has 0 radical (unpaired) electrons. The Morgan fingerprint density at radius 3 is 2.44 bits per heavy atom. The molecule has 0 aliphatic carbocycles. The minimum Gasteiger partial charge on any atom is -0.477 e. The number of fused-ring (bicyclic) bond motifs is 1. The van der Waals surface area contributed by atoms with Gasteiger partial charge < -0.3 is 5.11 Å². The smallest absolute Gasteiger partial charge is 0.394 e. The first-order chi connectivity index (χ1) is 8.13. The number of carboxylic acids is 1. The number of carbonyl (C=O) groups is 2. The number of hydrogen-bond donors (Lipinski definition) is 3. The van der Waals surface area contributed by atoms with E-state index >= 15 is 0 Å². The van der Waals surface area contributed by atoms with Crippen molar-refractivity contribution in [2.75, 3.05) is 5.75 Å². The lowest BCUT2D eigenvalue weighted by Crippen LogP contribution is -2.59. The van der Waals surface area contributed by atoms with Gasteiger partial charge in [0.2, 0.25) is 5.91 Å². The van der Waals surface area contributed by atoms with E-state index in [-0.39, 0.29) is 22.9 Å². The van der Waals surface area contributed by atoms with Gasteiger partial charge in [0.25, 0.3) is 0 Å². The number of carboxylic acid groups (broad SMARTS) is 1. The molecular formula is C8H11NO7S2. The fourth-order valence-electron chi connectivity index (χ4n) is 1.60. The third-order valence-corrected chi connectivity index (χ3v) is 3.65. The van der Waals surface area contributed by atoms with Gasteiger partial charge in [-0.3, -0.25) is 18.8 Å². The third kappa shape index (κ3) is 3.45. The van der Waals surface area contributed by atoms with E-state index in [0.29, 0.717) is 5.75 Å². The molecule has 18 heavy (non-hydrogen) atoms. The molecule has 102 valence electrons. The van der Waals surface area contributed by atoms with Crippen molar-refractivity contribution in [2.24, 2.45) is 5.92 Å². The van der Waals surface area contributed by atoms with Crippen LogP contribution in [0.1, 0.15) is 6.92 Å². The van der Waals surface area contributed by atoms with Gasteiger partial charge in [-0.2, -0.15) is 8.42 Å². The first kappa shape index (κ1) is 15.0. The molecule has 1 saturated heterocycles. The van der Waals surface area contributed by atoms with E-state index in [2.05, 4.69) is 0 Å². The lowest BCUT2D eigenvalue weighted by atomic mass is 9.99. The van der Waals surface area contributed by atoms with E-state index in [9.17, 15) is 9.59 Å². The molecule has 1 unspecified atom stereocenters. The van der Waals surface area contributed by atoms with Gasteiger partial charge in [0, 0.05) is 5.75 Å². The molecule has 2 rings (SSSR count). The summed E-state index contributed by atoms with van der Waals surface area (Å²) in [6.45, 7) is 1.83. The van der Waals surface area contributed by atoms with Crippen molar-refractivity contribution >= 4 is 34.0 Å². The number of β-lactam (4-membered cyclic amide) rings is 1. The number of thioether (sulfide) groups is 1. The maximum absolute atomic E-state index is 11.3. The fraction of sp³-hybridized carbons (Fsp3) is 0.500. The Morgan fingerprint density at radius 1 is 1.50 bits per heavy atom. The van der Waals surface area contributed by atoms with Crippen molar-refractivity contribution in [3.8, 4) is 0 Å². The van der Waals surface area contributed by atoms with Crippen LogP contribution in [0.2, 0.25) is 0 Å². The number of nitrogens with zero attached hydrogens (tertiary/aromatic N) is 1. The average Bonchev–Trinajstić information content (AvgIpc) is 2.24. The molecule has 2 atom stereocenters. The molecule has 1 fully saturated rings. The van der Waals surface area contributed by atoms with Crippen LogP contribution in [0.15, 0.2) is 11.8 Å². The first-order valence-electron chi connectivity index (χ1n) is 4.71. The Hall–Kier alpha value is -1.10. The van der Waals surface area contributed by atoms with Crippen LogP contribution in [0.25, 0.3) is 0 Å². The Bertz CT molecular complexity index is 490. The van der Waals surface area contributed by atoms with Crippen LogP contribution in [-0.4, -0.2) is 50.5 Å². The van der Waals surface area contributed by atoms with Crippen LogP contribution in [0.3, 0.4) is 0 Å². The molecule has 0 bridgehead atoms. The number of hydrogen-bond acceptors (Lipinski definition) is 5. The largest absolute Gasteiger partial charge is 0.477 e. The highest BCUT2D eigenvalue weighted by Gasteiger charge is 2.49. The predicted molar refractivity (Wildman–Crippen MR) is 62.2 cm³/mol. The van der Waals surface area contributed by atoms with E-state index in [1.807, 2.05) is 6.92 Å². The SMILES string of the molecule is CC1C(=O)N2C(C(=O)O)=CCS[C@@H]12.O=S(=O)(O)O. The maximum Gasteiger partial charge on any atom is 0.394 e. The lowest BCUT2D eigenvalue weighted by Gasteiger charge is -2.47. The Balaban J connectivity index is 0.000000280. The Labute approximate surface area is 107 Å². The van der Waals surface area contributed by atoms with Gasteiger partial charge in [0.1, 0.15) is 5.70 Å². The quantitative estimate of drug-likeness (QED) is 0.450. The molecular weight excluding hydrogens is 286 g/mol. The fourth-order valence-corrected chi connectivity index (χ4v) is 2.82. The summed E-state index contributed by atoms with van der Waals surface area (Å²) in [4.78, 5) is 23.4. The highest BCUT2D eigenvalue weighted by atomic mass is 32.3. The van der Waals surface area contributed by atoms with Gasteiger partial charge >= 0.3 is 16.4 Å². The summed E-state index contributed by atoms with van der Waals surface area (Å²) in [6.07, 6.45) is 1.59. The molecule has 0 aromatic rings. The zero-order valence-corrected chi connectivity index (χ0v) is 10.8. The summed E-state index contributed by atoms with van der Waals surface area (Å²) in [5, 5.41) is 8.84. The van der Waals surface area contributed by atoms with E-state index < -0.39 is 16.4 Å². The number of amides is 1. The number of rotatable bonds is 1. The molecule has 1 amide bonds. The first-order valence-corrected chi connectivity index (χ1v) is 7.15. The Kier molecular flexibility index (Phi) is 4.37. The minimum absolute atomic E-state index is 0.0342. The summed E-state index contributed by atoms with van der Waals surface area (Å²) in [6, 6.07) is 0. The van der Waals surface area contributed by atoms with Crippen molar-refractivity contribution < 1.29 is 32.2 Å². The van der Waals surface area contributed by atoms with Crippen LogP contribution in [0.4, 0.5) is 0 Å². The topological polar surface area (TPSA) is 132 Å². The summed E-state index contributed by atoms with van der Waals surface area (Å²) >= 11 is 1.61. The van der Waals surface area contributed by atoms with E-state index in [1.165, 1.54) is 4.90 Å². The molecule has 8 nitrogen and oxygen atoms in total. The maximum atomic E-state index is 11.3. The highest BCUT2D eigenvalue weighted by molar-refractivity contribution is 8.00. The van der Waals surface area contributed by atoms with Crippen molar-refractivity contribution in [1.29, 1.82) is 0 Å². The second kappa shape index (κ2) is 5.26. The van der Waals surface area contributed by atoms with Gasteiger partial charge in [-0.1, -0.05) is 6.92 Å². The van der Waals surface area contributed by atoms with E-state index in [4.69, 9.17) is 22.6 Å². The lowest BCUT2D eigenvalue weighted by molar-refractivity contribution is -0.151. The van der Waals surface area contributed by atoms with Gasteiger partial charge in [-0.15, -0.1) is 11.8 Å². The molecule has 2 aliphatic rings. The highest BCUT2D eigenvalue weighted by Crippen LogP contribution is 2.40. The van der Waals surface area contributed by atoms with E-state index in [0.717, 1.165) is 0 Å². The standard InChI is InChI=1S/C8H9NO3S.H2O4S/c1-4-6(10)9-5(8(11)12)2-3-13-7(4)9;1-5(2,3)4/h2,4,7H,3H2,1H3,(H,11,12);(H2,1,2,3,4)/t4?,7-;/m0./s1. The molecule has 2 aliphatic heterocycles. The van der Waals surface area contributed by atoms with Gasteiger partial charge in [-0.25, -0.2) is 4.79 Å². The summed E-state index contributed by atoms with van der Waals surface area (Å²) in [5.74, 6) is -0.440. The van der Waals surface area contributed by atoms with Crippen molar-refractivity contribution in [2.45, 2.75) is 12.3 Å². The zero-order chi connectivity index (χ0) is 14.1. The summed E-state index contributed by atoms with van der Waals surface area (Å²) in [5.41, 5.74) is 0.145.